The smallest absolute Gasteiger partial charge is 0.439 e. The maximum atomic E-state index is 12.8. The Balaban J connectivity index is 2.67. The van der Waals surface area contributed by atoms with Crippen molar-refractivity contribution in [2.24, 2.45) is 0 Å². The van der Waals surface area contributed by atoms with Crippen molar-refractivity contribution in [2.45, 2.75) is 37.4 Å². The topological polar surface area (TPSA) is 55.8 Å². The molecule has 1 saturated heterocycles. The first-order valence-electron chi connectivity index (χ1n) is 6.07. The van der Waals surface area contributed by atoms with Crippen molar-refractivity contribution in [1.82, 2.24) is 4.90 Å². The van der Waals surface area contributed by atoms with Gasteiger partial charge in [-0.15, -0.1) is 0 Å². The molecule has 0 amide bonds. The van der Waals surface area contributed by atoms with Crippen LogP contribution in [0.2, 0.25) is 0 Å². The number of carbonyl (C=O) groups is 2. The average Bonchev–Trinajstić information content (AvgIpc) is 2.72. The molecule has 0 N–H and O–H groups in total. The molecule has 0 saturated carbocycles. The summed E-state index contributed by atoms with van der Waals surface area (Å²) in [6, 6.07) is 0. The highest BCUT2D eigenvalue weighted by atomic mass is 19.4. The van der Waals surface area contributed by atoms with Crippen molar-refractivity contribution in [1.29, 1.82) is 0 Å². The van der Waals surface area contributed by atoms with Gasteiger partial charge in [-0.3, -0.25) is 9.69 Å². The monoisotopic (exact) mass is 337 g/mol. The number of hydrogen-bond acceptors (Lipinski definition) is 5. The summed E-state index contributed by atoms with van der Waals surface area (Å²) in [7, 11) is 0. The minimum absolute atomic E-state index is 0.0448. The molecule has 1 heterocycles. The first-order valence-corrected chi connectivity index (χ1v) is 6.07. The lowest BCUT2D eigenvalue weighted by Crippen LogP contribution is -2.53. The second-order valence-corrected chi connectivity index (χ2v) is 4.91. The zero-order valence-corrected chi connectivity index (χ0v) is 11.3. The van der Waals surface area contributed by atoms with Crippen LogP contribution < -0.4 is 0 Å². The Morgan fingerprint density at radius 3 is 2.32 bits per heavy atom. The standard InChI is InChI=1S/C11H13F6NO4/c1-9(21-6-19,11(15,16)17)8(20)22-7-2-3-18(4-7)5-10(12,13)14/h6-7H,2-5H2,1H3. The fourth-order valence-corrected chi connectivity index (χ4v) is 1.88. The fraction of sp³-hybridized carbons (Fsp3) is 0.818. The molecule has 2 unspecified atom stereocenters. The average molecular weight is 337 g/mol. The molecule has 1 rings (SSSR count). The lowest BCUT2D eigenvalue weighted by Gasteiger charge is -2.28. The molecule has 5 nitrogen and oxygen atoms in total. The van der Waals surface area contributed by atoms with Gasteiger partial charge < -0.3 is 9.47 Å². The molecule has 0 spiro atoms. The van der Waals surface area contributed by atoms with Crippen LogP contribution in [-0.2, 0) is 19.1 Å². The first kappa shape index (κ1) is 18.5. The molecule has 1 fully saturated rings. The molecule has 0 radical (unpaired) electrons. The molecule has 22 heavy (non-hydrogen) atoms. The lowest BCUT2D eigenvalue weighted by molar-refractivity contribution is -0.262. The van der Waals surface area contributed by atoms with Gasteiger partial charge >= 0.3 is 18.3 Å². The molecule has 1 aliphatic heterocycles. The third-order valence-electron chi connectivity index (χ3n) is 3.12. The Morgan fingerprint density at radius 1 is 1.27 bits per heavy atom. The van der Waals surface area contributed by atoms with Gasteiger partial charge in [0.1, 0.15) is 6.10 Å². The number of rotatable bonds is 5. The highest BCUT2D eigenvalue weighted by Crippen LogP contribution is 2.35. The Morgan fingerprint density at radius 2 is 1.86 bits per heavy atom. The summed E-state index contributed by atoms with van der Waals surface area (Å²) >= 11 is 0. The van der Waals surface area contributed by atoms with Gasteiger partial charge in [-0.05, 0) is 13.3 Å². The van der Waals surface area contributed by atoms with Crippen molar-refractivity contribution in [2.75, 3.05) is 19.6 Å². The summed E-state index contributed by atoms with van der Waals surface area (Å²) in [5, 5.41) is 0. The van der Waals surface area contributed by atoms with Crippen LogP contribution in [0.15, 0.2) is 0 Å². The molecular formula is C11H13F6NO4. The third kappa shape index (κ3) is 4.49. The zero-order valence-electron chi connectivity index (χ0n) is 11.3. The lowest BCUT2D eigenvalue weighted by atomic mass is 10.1. The van der Waals surface area contributed by atoms with Crippen LogP contribution in [0.3, 0.4) is 0 Å². The van der Waals surface area contributed by atoms with Crippen LogP contribution in [0.4, 0.5) is 26.3 Å². The first-order chi connectivity index (χ1) is 9.89. The minimum atomic E-state index is -5.21. The van der Waals surface area contributed by atoms with Gasteiger partial charge in [-0.25, -0.2) is 4.79 Å². The van der Waals surface area contributed by atoms with Crippen molar-refractivity contribution in [3.63, 3.8) is 0 Å². The van der Waals surface area contributed by atoms with Crippen molar-refractivity contribution < 1.29 is 45.4 Å². The van der Waals surface area contributed by atoms with E-state index >= 15 is 0 Å². The minimum Gasteiger partial charge on any atom is -0.458 e. The van der Waals surface area contributed by atoms with Gasteiger partial charge in [0.2, 0.25) is 0 Å². The van der Waals surface area contributed by atoms with E-state index in [1.807, 2.05) is 0 Å². The summed E-state index contributed by atoms with van der Waals surface area (Å²) in [6.07, 6.45) is -10.8. The van der Waals surface area contributed by atoms with Gasteiger partial charge in [0.25, 0.3) is 12.1 Å². The Labute approximate surface area is 121 Å². The third-order valence-corrected chi connectivity index (χ3v) is 3.12. The maximum absolute atomic E-state index is 12.8. The molecule has 0 aliphatic carbocycles. The Bertz CT molecular complexity index is 424. The largest absolute Gasteiger partial charge is 0.458 e. The van der Waals surface area contributed by atoms with E-state index in [0.29, 0.717) is 6.92 Å². The van der Waals surface area contributed by atoms with E-state index in [1.165, 1.54) is 0 Å². The molecule has 11 heteroatoms. The maximum Gasteiger partial charge on any atom is 0.439 e. The van der Waals surface area contributed by atoms with E-state index in [0.717, 1.165) is 4.90 Å². The molecule has 0 aromatic carbocycles. The number of alkyl halides is 6. The van der Waals surface area contributed by atoms with Crippen molar-refractivity contribution in [3.05, 3.63) is 0 Å². The number of carbonyl (C=O) groups excluding carboxylic acids is 2. The van der Waals surface area contributed by atoms with Gasteiger partial charge in [-0.1, -0.05) is 0 Å². The number of esters is 1. The Kier molecular flexibility index (Phi) is 5.31. The van der Waals surface area contributed by atoms with Crippen molar-refractivity contribution >= 4 is 12.4 Å². The zero-order chi connectivity index (χ0) is 17.2. The van der Waals surface area contributed by atoms with Crippen LogP contribution >= 0.6 is 0 Å². The predicted molar refractivity (Wildman–Crippen MR) is 58.6 cm³/mol. The molecule has 2 atom stereocenters. The van der Waals surface area contributed by atoms with Crippen molar-refractivity contribution in [3.8, 4) is 0 Å². The van der Waals surface area contributed by atoms with Gasteiger partial charge in [0, 0.05) is 13.1 Å². The molecule has 1 aliphatic rings. The van der Waals surface area contributed by atoms with Crippen LogP contribution in [0, 0.1) is 0 Å². The molecular weight excluding hydrogens is 324 g/mol. The summed E-state index contributed by atoms with van der Waals surface area (Å²) in [5.74, 6) is -1.87. The van der Waals surface area contributed by atoms with E-state index in [9.17, 15) is 35.9 Å². The van der Waals surface area contributed by atoms with E-state index in [2.05, 4.69) is 9.47 Å². The molecule has 128 valence electrons. The summed E-state index contributed by atoms with van der Waals surface area (Å²) in [5.41, 5.74) is -3.49. The number of likely N-dealkylation sites (tertiary alicyclic amines) is 1. The normalized spacial score (nSPS) is 23.0. The predicted octanol–water partition coefficient (Wildman–Crippen LogP) is 1.66. The summed E-state index contributed by atoms with van der Waals surface area (Å²) in [6.45, 7) is -1.90. The SMILES string of the molecule is CC(OC=O)(C(=O)OC1CCN(CC(F)(F)F)C1)C(F)(F)F. The highest BCUT2D eigenvalue weighted by molar-refractivity contribution is 5.81. The summed E-state index contributed by atoms with van der Waals surface area (Å²) < 4.78 is 83.2. The van der Waals surface area contributed by atoms with Crippen LogP contribution in [0.1, 0.15) is 13.3 Å². The molecule has 0 aromatic rings. The van der Waals surface area contributed by atoms with Crippen LogP contribution in [-0.4, -0.2) is 61.0 Å². The van der Waals surface area contributed by atoms with Crippen LogP contribution in [0.5, 0.6) is 0 Å². The molecule has 0 bridgehead atoms. The quantitative estimate of drug-likeness (QED) is 0.434. The van der Waals surface area contributed by atoms with E-state index < -0.39 is 43.0 Å². The van der Waals surface area contributed by atoms with E-state index in [4.69, 9.17) is 0 Å². The fourth-order valence-electron chi connectivity index (χ4n) is 1.88. The van der Waals surface area contributed by atoms with Gasteiger partial charge in [0.05, 0.1) is 6.54 Å². The van der Waals surface area contributed by atoms with Gasteiger partial charge in [0.15, 0.2) is 0 Å². The van der Waals surface area contributed by atoms with E-state index in [-0.39, 0.29) is 19.5 Å². The molecule has 0 aromatic heterocycles. The van der Waals surface area contributed by atoms with Crippen LogP contribution in [0.25, 0.3) is 0 Å². The number of ether oxygens (including phenoxy) is 2. The van der Waals surface area contributed by atoms with Gasteiger partial charge in [-0.2, -0.15) is 26.3 Å². The number of nitrogens with zero attached hydrogens (tertiary/aromatic N) is 1. The second kappa shape index (κ2) is 6.31. The second-order valence-electron chi connectivity index (χ2n) is 4.91. The highest BCUT2D eigenvalue weighted by Gasteiger charge is 2.61. The number of hydrogen-bond donors (Lipinski definition) is 0. The Hall–Kier alpha value is -1.52. The number of halogens is 6. The van der Waals surface area contributed by atoms with E-state index in [1.54, 1.807) is 0 Å². The summed E-state index contributed by atoms with van der Waals surface area (Å²) in [4.78, 5) is 22.6.